The zero-order valence-electron chi connectivity index (χ0n) is 18.7. The summed E-state index contributed by atoms with van der Waals surface area (Å²) in [4.78, 5) is 25.1. The number of ketones is 1. The van der Waals surface area contributed by atoms with Crippen molar-refractivity contribution >= 4 is 17.4 Å². The number of nitrogens with zero attached hydrogens (tertiary/aromatic N) is 1. The molecule has 7 heteroatoms. The average Bonchev–Trinajstić information content (AvgIpc) is 3.26. The van der Waals surface area contributed by atoms with Gasteiger partial charge in [0.15, 0.2) is 5.78 Å². The Balaban J connectivity index is 1.67. The van der Waals surface area contributed by atoms with E-state index in [0.717, 1.165) is 48.2 Å². The molecule has 0 saturated heterocycles. The highest BCUT2D eigenvalue weighted by atomic mass is 19.1. The number of benzene rings is 1. The molecule has 32 heavy (non-hydrogen) atoms. The van der Waals surface area contributed by atoms with Gasteiger partial charge in [-0.1, -0.05) is 33.1 Å². The first kappa shape index (κ1) is 21.2. The van der Waals surface area contributed by atoms with Gasteiger partial charge in [0.1, 0.15) is 5.82 Å². The molecule has 2 heterocycles. The summed E-state index contributed by atoms with van der Waals surface area (Å²) in [5.41, 5.74) is 9.76. The molecule has 1 aromatic heterocycles. The van der Waals surface area contributed by atoms with Crippen molar-refractivity contribution in [2.45, 2.75) is 78.0 Å². The molecule has 1 saturated carbocycles. The minimum atomic E-state index is -0.785. The van der Waals surface area contributed by atoms with E-state index in [4.69, 9.17) is 10.5 Å². The number of hydrogen-bond donors (Lipinski definition) is 2. The van der Waals surface area contributed by atoms with Crippen LogP contribution >= 0.6 is 0 Å². The molecule has 0 bridgehead atoms. The van der Waals surface area contributed by atoms with E-state index in [1.54, 1.807) is 0 Å². The molecule has 0 atom stereocenters. The number of Topliss-reactive ketones (excluding diaryl/α,β-unsaturated/α-hetero) is 1. The molecule has 2 aliphatic carbocycles. The maximum absolute atomic E-state index is 15.3. The number of carbonyl (C=O) groups is 2. The quantitative estimate of drug-likeness (QED) is 0.726. The van der Waals surface area contributed by atoms with Crippen LogP contribution in [0.4, 0.5) is 10.1 Å². The molecule has 0 spiro atoms. The summed E-state index contributed by atoms with van der Waals surface area (Å²) in [5.74, 6) is -1.32. The smallest absolute Gasteiger partial charge is 0.253 e. The zero-order valence-corrected chi connectivity index (χ0v) is 18.7. The van der Waals surface area contributed by atoms with Gasteiger partial charge in [-0.05, 0) is 36.8 Å². The first-order valence-electron chi connectivity index (χ1n) is 11.5. The molecule has 1 amide bonds. The van der Waals surface area contributed by atoms with Gasteiger partial charge in [0.2, 0.25) is 0 Å². The summed E-state index contributed by atoms with van der Waals surface area (Å²) < 4.78 is 22.9. The number of fused-ring (bicyclic) bond motifs is 3. The van der Waals surface area contributed by atoms with Gasteiger partial charge < -0.3 is 20.4 Å². The largest absolute Gasteiger partial charge is 0.382 e. The number of aromatic nitrogens is 1. The minimum absolute atomic E-state index is 0.107. The van der Waals surface area contributed by atoms with Crippen LogP contribution in [0.25, 0.3) is 5.69 Å². The normalized spacial score (nSPS) is 20.2. The van der Waals surface area contributed by atoms with E-state index in [9.17, 15) is 9.59 Å². The number of rotatable bonds is 4. The number of primary amides is 1. The fourth-order valence-electron chi connectivity index (χ4n) is 5.68. The predicted octanol–water partition coefficient (Wildman–Crippen LogP) is 4.65. The van der Waals surface area contributed by atoms with E-state index < -0.39 is 11.7 Å². The fraction of sp³-hybridized carbons (Fsp3) is 0.520. The number of hydrogen-bond acceptors (Lipinski definition) is 4. The Kier molecular flexibility index (Phi) is 5.12. The van der Waals surface area contributed by atoms with Crippen molar-refractivity contribution in [2.24, 2.45) is 11.1 Å². The van der Waals surface area contributed by atoms with Gasteiger partial charge in [0, 0.05) is 29.3 Å². The van der Waals surface area contributed by atoms with E-state index >= 15 is 4.39 Å². The van der Waals surface area contributed by atoms with Crippen molar-refractivity contribution in [3.8, 4) is 5.69 Å². The molecule has 3 aliphatic rings. The standard InChI is InChI=1S/C25H30FN3O3/c1-25(2)10-19-22(21(30)11-25)16-12-32-13-20(16)29(19)15-8-17(26)23(24(27)31)18(9-15)28-14-6-4-3-5-7-14/h8-9,14,28H,3-7,10-13H2,1-2H3,(H2,27,31). The van der Waals surface area contributed by atoms with Crippen LogP contribution < -0.4 is 11.1 Å². The molecule has 0 unspecified atom stereocenters. The second-order valence-corrected chi connectivity index (χ2v) is 10.2. The second kappa shape index (κ2) is 7.73. The number of halogens is 1. The third kappa shape index (κ3) is 3.52. The van der Waals surface area contributed by atoms with Gasteiger partial charge in [-0.15, -0.1) is 0 Å². The molecule has 1 fully saturated rings. The van der Waals surface area contributed by atoms with E-state index in [0.29, 0.717) is 37.4 Å². The van der Waals surface area contributed by atoms with Crippen molar-refractivity contribution < 1.29 is 18.7 Å². The van der Waals surface area contributed by atoms with Gasteiger partial charge in [-0.3, -0.25) is 9.59 Å². The Morgan fingerprint density at radius 2 is 1.91 bits per heavy atom. The molecule has 5 rings (SSSR count). The van der Waals surface area contributed by atoms with Crippen molar-refractivity contribution in [3.63, 3.8) is 0 Å². The van der Waals surface area contributed by atoms with Crippen LogP contribution in [0.15, 0.2) is 12.1 Å². The van der Waals surface area contributed by atoms with Gasteiger partial charge in [-0.25, -0.2) is 4.39 Å². The van der Waals surface area contributed by atoms with E-state index in [2.05, 4.69) is 19.2 Å². The summed E-state index contributed by atoms with van der Waals surface area (Å²) in [6.45, 7) is 4.94. The van der Waals surface area contributed by atoms with E-state index in [1.165, 1.54) is 12.5 Å². The minimum Gasteiger partial charge on any atom is -0.382 e. The van der Waals surface area contributed by atoms with Gasteiger partial charge in [0.05, 0.1) is 35.8 Å². The number of amides is 1. The lowest BCUT2D eigenvalue weighted by atomic mass is 9.75. The molecule has 3 N–H and O–H groups in total. The Morgan fingerprint density at radius 3 is 2.62 bits per heavy atom. The maximum Gasteiger partial charge on any atom is 0.253 e. The second-order valence-electron chi connectivity index (χ2n) is 10.2. The molecule has 1 aromatic carbocycles. The number of nitrogens with two attached hydrogens (primary N) is 1. The highest BCUT2D eigenvalue weighted by Crippen LogP contribution is 2.43. The Labute approximate surface area is 187 Å². The van der Waals surface area contributed by atoms with Crippen molar-refractivity contribution in [1.29, 1.82) is 0 Å². The lowest BCUT2D eigenvalue weighted by Crippen LogP contribution is -2.29. The summed E-state index contributed by atoms with van der Waals surface area (Å²) in [6, 6.07) is 3.35. The third-order valence-electron chi connectivity index (χ3n) is 7.07. The Hall–Kier alpha value is -2.67. The van der Waals surface area contributed by atoms with Crippen LogP contribution in [0.2, 0.25) is 0 Å². The molecule has 0 radical (unpaired) electrons. The van der Waals surface area contributed by atoms with E-state index in [-0.39, 0.29) is 22.8 Å². The van der Waals surface area contributed by atoms with Crippen LogP contribution in [-0.2, 0) is 24.4 Å². The summed E-state index contributed by atoms with van der Waals surface area (Å²) in [7, 11) is 0. The molecule has 170 valence electrons. The van der Waals surface area contributed by atoms with Crippen molar-refractivity contribution in [2.75, 3.05) is 5.32 Å². The molecule has 6 nitrogen and oxygen atoms in total. The van der Waals surface area contributed by atoms with Crippen LogP contribution in [0, 0.1) is 11.2 Å². The SMILES string of the molecule is CC1(C)CC(=O)c2c3c(n(-c4cc(F)c(C(N)=O)c(NC5CCCCC5)c4)c2C1)COC3. The lowest BCUT2D eigenvalue weighted by Gasteiger charge is -2.30. The molecule has 2 aromatic rings. The first-order valence-corrected chi connectivity index (χ1v) is 11.5. The van der Waals surface area contributed by atoms with Crippen molar-refractivity contribution in [3.05, 3.63) is 46.0 Å². The molecular formula is C25H30FN3O3. The highest BCUT2D eigenvalue weighted by molar-refractivity contribution is 6.01. The number of nitrogens with one attached hydrogen (secondary N) is 1. The molecule has 1 aliphatic heterocycles. The van der Waals surface area contributed by atoms with Gasteiger partial charge in [-0.2, -0.15) is 0 Å². The van der Waals surface area contributed by atoms with Gasteiger partial charge >= 0.3 is 0 Å². The molecular weight excluding hydrogens is 409 g/mol. The fourth-order valence-corrected chi connectivity index (χ4v) is 5.68. The first-order chi connectivity index (χ1) is 15.2. The maximum atomic E-state index is 15.3. The Morgan fingerprint density at radius 1 is 1.16 bits per heavy atom. The van der Waals surface area contributed by atoms with E-state index in [1.807, 2.05) is 10.6 Å². The number of carbonyl (C=O) groups excluding carboxylic acids is 2. The summed E-state index contributed by atoms with van der Waals surface area (Å²) in [5, 5.41) is 3.39. The van der Waals surface area contributed by atoms with Crippen LogP contribution in [-0.4, -0.2) is 22.3 Å². The van der Waals surface area contributed by atoms with Crippen LogP contribution in [0.5, 0.6) is 0 Å². The third-order valence-corrected chi connectivity index (χ3v) is 7.07. The van der Waals surface area contributed by atoms with Crippen molar-refractivity contribution in [1.82, 2.24) is 4.57 Å². The summed E-state index contributed by atoms with van der Waals surface area (Å²) in [6.07, 6.45) is 6.58. The summed E-state index contributed by atoms with van der Waals surface area (Å²) >= 11 is 0. The topological polar surface area (TPSA) is 86.4 Å². The zero-order chi connectivity index (χ0) is 22.6. The monoisotopic (exact) mass is 439 g/mol. The lowest BCUT2D eigenvalue weighted by molar-refractivity contribution is 0.0900. The number of ether oxygens (including phenoxy) is 1. The number of anilines is 1. The van der Waals surface area contributed by atoms with Crippen LogP contribution in [0.3, 0.4) is 0 Å². The van der Waals surface area contributed by atoms with Gasteiger partial charge in [0.25, 0.3) is 5.91 Å². The predicted molar refractivity (Wildman–Crippen MR) is 120 cm³/mol. The van der Waals surface area contributed by atoms with Crippen LogP contribution in [0.1, 0.15) is 90.0 Å². The highest BCUT2D eigenvalue weighted by Gasteiger charge is 2.39. The average molecular weight is 440 g/mol. The Bertz CT molecular complexity index is 1110.